The lowest BCUT2D eigenvalue weighted by atomic mass is 10.1. The Morgan fingerprint density at radius 2 is 1.90 bits per heavy atom. The molecule has 2 rings (SSSR count). The molecule has 6 heteroatoms. The highest BCUT2D eigenvalue weighted by molar-refractivity contribution is 7.89. The molecular formula is C14H16FNO3S. The number of aryl methyl sites for hydroxylation is 2. The first-order valence-corrected chi connectivity index (χ1v) is 7.67. The molecule has 1 aromatic carbocycles. The lowest BCUT2D eigenvalue weighted by Crippen LogP contribution is -2.27. The van der Waals surface area contributed by atoms with Gasteiger partial charge in [-0.2, -0.15) is 0 Å². The predicted octanol–water partition coefficient (Wildman–Crippen LogP) is 2.56. The molecule has 0 saturated carbocycles. The number of hydrogen-bond acceptors (Lipinski definition) is 3. The SMILES string of the molecule is Cc1cc(F)cc(C)c1S(=O)(=O)NCCc1ccco1. The number of furan rings is 1. The number of halogens is 1. The van der Waals surface area contributed by atoms with Crippen molar-refractivity contribution in [2.75, 3.05) is 6.54 Å². The smallest absolute Gasteiger partial charge is 0.241 e. The summed E-state index contributed by atoms with van der Waals surface area (Å²) in [5.41, 5.74) is 0.793. The van der Waals surface area contributed by atoms with Gasteiger partial charge < -0.3 is 4.42 Å². The molecule has 2 aromatic rings. The Labute approximate surface area is 117 Å². The Morgan fingerprint density at radius 3 is 2.45 bits per heavy atom. The van der Waals surface area contributed by atoms with Crippen LogP contribution in [0.3, 0.4) is 0 Å². The topological polar surface area (TPSA) is 59.3 Å². The summed E-state index contributed by atoms with van der Waals surface area (Å²) in [4.78, 5) is 0.137. The molecule has 0 radical (unpaired) electrons. The van der Waals surface area contributed by atoms with Gasteiger partial charge in [0.25, 0.3) is 0 Å². The molecule has 0 saturated heterocycles. The van der Waals surface area contributed by atoms with Crippen LogP contribution in [-0.2, 0) is 16.4 Å². The standard InChI is InChI=1S/C14H16FNO3S/c1-10-8-12(15)9-11(2)14(10)20(17,18)16-6-5-13-4-3-7-19-13/h3-4,7-9,16H,5-6H2,1-2H3. The van der Waals surface area contributed by atoms with Gasteiger partial charge in [0.15, 0.2) is 0 Å². The van der Waals surface area contributed by atoms with Gasteiger partial charge in [-0.15, -0.1) is 0 Å². The van der Waals surface area contributed by atoms with E-state index in [4.69, 9.17) is 4.42 Å². The maximum atomic E-state index is 13.2. The fourth-order valence-electron chi connectivity index (χ4n) is 2.16. The van der Waals surface area contributed by atoms with Crippen LogP contribution in [0.25, 0.3) is 0 Å². The molecule has 0 fully saturated rings. The lowest BCUT2D eigenvalue weighted by molar-refractivity contribution is 0.505. The van der Waals surface area contributed by atoms with Gasteiger partial charge in [0, 0.05) is 13.0 Å². The zero-order chi connectivity index (χ0) is 14.8. The van der Waals surface area contributed by atoms with Crippen LogP contribution < -0.4 is 4.72 Å². The molecule has 0 aliphatic rings. The first-order valence-electron chi connectivity index (χ1n) is 6.19. The van der Waals surface area contributed by atoms with Crippen LogP contribution in [0, 0.1) is 19.7 Å². The summed E-state index contributed by atoms with van der Waals surface area (Å²) in [7, 11) is -3.65. The normalized spacial score (nSPS) is 11.8. The van der Waals surface area contributed by atoms with Crippen molar-refractivity contribution < 1.29 is 17.2 Å². The minimum Gasteiger partial charge on any atom is -0.469 e. The Hall–Kier alpha value is -1.66. The van der Waals surface area contributed by atoms with E-state index in [1.165, 1.54) is 18.4 Å². The predicted molar refractivity (Wildman–Crippen MR) is 73.5 cm³/mol. The largest absolute Gasteiger partial charge is 0.469 e. The number of nitrogens with one attached hydrogen (secondary N) is 1. The van der Waals surface area contributed by atoms with Crippen molar-refractivity contribution in [3.63, 3.8) is 0 Å². The Balaban J connectivity index is 2.14. The van der Waals surface area contributed by atoms with Crippen molar-refractivity contribution >= 4 is 10.0 Å². The van der Waals surface area contributed by atoms with Gasteiger partial charge in [-0.3, -0.25) is 0 Å². The third kappa shape index (κ3) is 3.26. The molecule has 0 aliphatic carbocycles. The summed E-state index contributed by atoms with van der Waals surface area (Å²) >= 11 is 0. The molecule has 108 valence electrons. The van der Waals surface area contributed by atoms with E-state index in [-0.39, 0.29) is 11.4 Å². The highest BCUT2D eigenvalue weighted by atomic mass is 32.2. The number of hydrogen-bond donors (Lipinski definition) is 1. The molecule has 1 N–H and O–H groups in total. The Kier molecular flexibility index (Phi) is 4.25. The van der Waals surface area contributed by atoms with Crippen LogP contribution in [0.15, 0.2) is 39.8 Å². The van der Waals surface area contributed by atoms with Gasteiger partial charge in [-0.1, -0.05) is 0 Å². The summed E-state index contributed by atoms with van der Waals surface area (Å²) in [6.07, 6.45) is 2.00. The number of sulfonamides is 1. The molecule has 0 atom stereocenters. The summed E-state index contributed by atoms with van der Waals surface area (Å²) in [6, 6.07) is 5.96. The maximum absolute atomic E-state index is 13.2. The van der Waals surface area contributed by atoms with Crippen LogP contribution in [0.2, 0.25) is 0 Å². The van der Waals surface area contributed by atoms with E-state index in [0.29, 0.717) is 23.3 Å². The van der Waals surface area contributed by atoms with Crippen LogP contribution in [0.5, 0.6) is 0 Å². The van der Waals surface area contributed by atoms with Gasteiger partial charge in [0.1, 0.15) is 11.6 Å². The molecule has 0 aliphatic heterocycles. The van der Waals surface area contributed by atoms with Gasteiger partial charge in [0.05, 0.1) is 11.2 Å². The van der Waals surface area contributed by atoms with Crippen LogP contribution in [-0.4, -0.2) is 15.0 Å². The van der Waals surface area contributed by atoms with Gasteiger partial charge in [0.2, 0.25) is 10.0 Å². The molecule has 20 heavy (non-hydrogen) atoms. The fourth-order valence-corrected chi connectivity index (χ4v) is 3.64. The van der Waals surface area contributed by atoms with E-state index in [2.05, 4.69) is 4.72 Å². The molecular weight excluding hydrogens is 281 g/mol. The second kappa shape index (κ2) is 5.76. The van der Waals surface area contributed by atoms with Crippen LogP contribution in [0.1, 0.15) is 16.9 Å². The maximum Gasteiger partial charge on any atom is 0.241 e. The highest BCUT2D eigenvalue weighted by Gasteiger charge is 2.19. The van der Waals surface area contributed by atoms with Crippen molar-refractivity contribution in [2.45, 2.75) is 25.2 Å². The van der Waals surface area contributed by atoms with Gasteiger partial charge in [-0.05, 0) is 49.2 Å². The zero-order valence-corrected chi connectivity index (χ0v) is 12.1. The monoisotopic (exact) mass is 297 g/mol. The van der Waals surface area contributed by atoms with Crippen molar-refractivity contribution in [2.24, 2.45) is 0 Å². The molecule has 0 bridgehead atoms. The van der Waals surface area contributed by atoms with Crippen LogP contribution in [0.4, 0.5) is 4.39 Å². The molecule has 1 aromatic heterocycles. The quantitative estimate of drug-likeness (QED) is 0.922. The van der Waals surface area contributed by atoms with Crippen molar-refractivity contribution in [3.05, 3.63) is 53.2 Å². The van der Waals surface area contributed by atoms with E-state index in [1.54, 1.807) is 26.0 Å². The molecule has 4 nitrogen and oxygen atoms in total. The number of benzene rings is 1. The first-order chi connectivity index (χ1) is 9.40. The van der Waals surface area contributed by atoms with E-state index >= 15 is 0 Å². The molecule has 0 amide bonds. The van der Waals surface area contributed by atoms with Crippen molar-refractivity contribution in [1.82, 2.24) is 4.72 Å². The van der Waals surface area contributed by atoms with E-state index in [0.717, 1.165) is 0 Å². The summed E-state index contributed by atoms with van der Waals surface area (Å²) in [6.45, 7) is 3.39. The fraction of sp³-hybridized carbons (Fsp3) is 0.286. The average molecular weight is 297 g/mol. The third-order valence-electron chi connectivity index (χ3n) is 2.94. The highest BCUT2D eigenvalue weighted by Crippen LogP contribution is 2.21. The zero-order valence-electron chi connectivity index (χ0n) is 11.3. The average Bonchev–Trinajstić information content (AvgIpc) is 2.79. The third-order valence-corrected chi connectivity index (χ3v) is 4.70. The molecule has 0 unspecified atom stereocenters. The van der Waals surface area contributed by atoms with Crippen LogP contribution >= 0.6 is 0 Å². The second-order valence-electron chi connectivity index (χ2n) is 4.60. The second-order valence-corrected chi connectivity index (χ2v) is 6.30. The summed E-state index contributed by atoms with van der Waals surface area (Å²) in [5, 5.41) is 0. The Morgan fingerprint density at radius 1 is 1.25 bits per heavy atom. The van der Waals surface area contributed by atoms with Gasteiger partial charge >= 0.3 is 0 Å². The van der Waals surface area contributed by atoms with E-state index < -0.39 is 15.8 Å². The van der Waals surface area contributed by atoms with Crippen molar-refractivity contribution in [1.29, 1.82) is 0 Å². The first kappa shape index (κ1) is 14.7. The summed E-state index contributed by atoms with van der Waals surface area (Å²) < 4.78 is 45.3. The number of rotatable bonds is 5. The van der Waals surface area contributed by atoms with E-state index in [1.807, 2.05) is 0 Å². The molecule has 1 heterocycles. The minimum atomic E-state index is -3.65. The lowest BCUT2D eigenvalue weighted by Gasteiger charge is -2.12. The van der Waals surface area contributed by atoms with E-state index in [9.17, 15) is 12.8 Å². The minimum absolute atomic E-state index is 0.137. The van der Waals surface area contributed by atoms with Gasteiger partial charge in [-0.25, -0.2) is 17.5 Å². The molecule has 0 spiro atoms. The summed E-state index contributed by atoms with van der Waals surface area (Å²) in [5.74, 6) is 0.273. The van der Waals surface area contributed by atoms with Crippen molar-refractivity contribution in [3.8, 4) is 0 Å². The Bertz CT molecular complexity index is 670.